The Morgan fingerprint density at radius 2 is 1.65 bits per heavy atom. The van der Waals surface area contributed by atoms with E-state index in [1.807, 2.05) is 18.2 Å². The van der Waals surface area contributed by atoms with E-state index in [4.69, 9.17) is 0 Å². The van der Waals surface area contributed by atoms with Crippen LogP contribution in [0.25, 0.3) is 0 Å². The number of benzene rings is 2. The zero-order valence-corrected chi connectivity index (χ0v) is 17.0. The summed E-state index contributed by atoms with van der Waals surface area (Å²) in [5.74, 6) is 0. The van der Waals surface area contributed by atoms with Gasteiger partial charge in [-0.3, -0.25) is 4.90 Å². The summed E-state index contributed by atoms with van der Waals surface area (Å²) in [6, 6.07) is 17.8. The minimum atomic E-state index is -3.49. The van der Waals surface area contributed by atoms with Gasteiger partial charge in [-0.25, -0.2) is 8.42 Å². The average molecular weight is 435 g/mol. The summed E-state index contributed by atoms with van der Waals surface area (Å²) in [5, 5.41) is 0. The van der Waals surface area contributed by atoms with Gasteiger partial charge in [0.15, 0.2) is 0 Å². The molecule has 4 nitrogen and oxygen atoms in total. The Kier molecular flexibility index (Phi) is 5.19. The van der Waals surface area contributed by atoms with Gasteiger partial charge in [-0.1, -0.05) is 46.3 Å². The fourth-order valence-electron chi connectivity index (χ4n) is 3.74. The predicted molar refractivity (Wildman–Crippen MR) is 107 cm³/mol. The van der Waals surface area contributed by atoms with Gasteiger partial charge in [-0.2, -0.15) is 4.31 Å². The second kappa shape index (κ2) is 7.43. The van der Waals surface area contributed by atoms with E-state index in [9.17, 15) is 8.42 Å². The highest BCUT2D eigenvalue weighted by Crippen LogP contribution is 2.31. The average Bonchev–Trinajstić information content (AvgIpc) is 3.48. The molecule has 1 atom stereocenters. The van der Waals surface area contributed by atoms with Gasteiger partial charge in [0.05, 0.1) is 4.90 Å². The molecule has 2 aromatic rings. The van der Waals surface area contributed by atoms with Crippen LogP contribution < -0.4 is 0 Å². The summed E-state index contributed by atoms with van der Waals surface area (Å²) in [6.07, 6.45) is 3.24. The van der Waals surface area contributed by atoms with Gasteiger partial charge in [-0.05, 0) is 49.1 Å². The van der Waals surface area contributed by atoms with Crippen LogP contribution in [0.2, 0.25) is 0 Å². The number of hydrogen-bond acceptors (Lipinski definition) is 3. The monoisotopic (exact) mass is 434 g/mol. The van der Waals surface area contributed by atoms with Gasteiger partial charge in [-0.15, -0.1) is 0 Å². The van der Waals surface area contributed by atoms with Crippen molar-refractivity contribution in [3.63, 3.8) is 0 Å². The molecule has 26 heavy (non-hydrogen) atoms. The van der Waals surface area contributed by atoms with Gasteiger partial charge in [0, 0.05) is 36.2 Å². The fourth-order valence-corrected chi connectivity index (χ4v) is 5.62. The predicted octanol–water partition coefficient (Wildman–Crippen LogP) is 3.53. The maximum atomic E-state index is 13.3. The van der Waals surface area contributed by atoms with Gasteiger partial charge in [0.25, 0.3) is 0 Å². The summed E-state index contributed by atoms with van der Waals surface area (Å²) in [7, 11) is -3.49. The quantitative estimate of drug-likeness (QED) is 0.722. The van der Waals surface area contributed by atoms with Crippen molar-refractivity contribution in [1.29, 1.82) is 0 Å². The van der Waals surface area contributed by atoms with Gasteiger partial charge >= 0.3 is 0 Å². The van der Waals surface area contributed by atoms with Crippen molar-refractivity contribution in [3.05, 3.63) is 64.6 Å². The number of rotatable bonds is 5. The first-order valence-electron chi connectivity index (χ1n) is 9.09. The summed E-state index contributed by atoms with van der Waals surface area (Å²) < 4.78 is 29.2. The maximum Gasteiger partial charge on any atom is 0.243 e. The van der Waals surface area contributed by atoms with Crippen molar-refractivity contribution in [2.75, 3.05) is 19.6 Å². The molecule has 138 valence electrons. The smallest absolute Gasteiger partial charge is 0.243 e. The highest BCUT2D eigenvalue weighted by atomic mass is 79.9. The highest BCUT2D eigenvalue weighted by Gasteiger charge is 2.40. The van der Waals surface area contributed by atoms with Crippen LogP contribution in [-0.2, 0) is 16.4 Å². The zero-order chi connectivity index (χ0) is 18.1. The van der Waals surface area contributed by atoms with Crippen LogP contribution in [0.3, 0.4) is 0 Å². The second-order valence-electron chi connectivity index (χ2n) is 7.14. The topological polar surface area (TPSA) is 40.6 Å². The molecule has 1 saturated heterocycles. The molecular weight excluding hydrogens is 412 g/mol. The number of piperazine rings is 1. The molecule has 2 aromatic carbocycles. The molecule has 0 bridgehead atoms. The highest BCUT2D eigenvalue weighted by molar-refractivity contribution is 9.10. The minimum Gasteiger partial charge on any atom is -0.297 e. The minimum absolute atomic E-state index is 0.0274. The third kappa shape index (κ3) is 3.88. The van der Waals surface area contributed by atoms with Crippen LogP contribution in [0, 0.1) is 0 Å². The van der Waals surface area contributed by atoms with E-state index in [1.54, 1.807) is 28.6 Å². The first kappa shape index (κ1) is 18.2. The molecule has 2 aliphatic rings. The van der Waals surface area contributed by atoms with Crippen LogP contribution in [0.1, 0.15) is 18.4 Å². The molecule has 6 heteroatoms. The number of hydrogen-bond donors (Lipinski definition) is 0. The summed E-state index contributed by atoms with van der Waals surface area (Å²) in [5.41, 5.74) is 1.19. The van der Waals surface area contributed by atoms with E-state index in [-0.39, 0.29) is 6.04 Å². The molecule has 4 rings (SSSR count). The Morgan fingerprint density at radius 3 is 2.31 bits per heavy atom. The largest absolute Gasteiger partial charge is 0.297 e. The number of halogens is 1. The molecule has 1 saturated carbocycles. The first-order valence-corrected chi connectivity index (χ1v) is 11.3. The lowest BCUT2D eigenvalue weighted by Gasteiger charge is -2.41. The lowest BCUT2D eigenvalue weighted by Crippen LogP contribution is -2.56. The molecule has 0 spiro atoms. The summed E-state index contributed by atoms with van der Waals surface area (Å²) in [4.78, 5) is 2.85. The molecule has 1 heterocycles. The standard InChI is InChI=1S/C20H23BrN2O2S/c21-17-6-10-20(11-7-17)26(24,25)23-13-12-22(18-8-9-18)15-19(23)14-16-4-2-1-3-5-16/h1-7,10-11,18-19H,8-9,12-15H2. The Labute approximate surface area is 164 Å². The van der Waals surface area contributed by atoms with E-state index in [0.29, 0.717) is 17.5 Å². The molecule has 1 unspecified atom stereocenters. The van der Waals surface area contributed by atoms with E-state index in [1.165, 1.54) is 18.4 Å². The van der Waals surface area contributed by atoms with Crippen molar-refractivity contribution in [2.45, 2.75) is 36.2 Å². The normalized spacial score (nSPS) is 22.4. The Hall–Kier alpha value is -1.21. The van der Waals surface area contributed by atoms with E-state index in [0.717, 1.165) is 24.0 Å². The van der Waals surface area contributed by atoms with Crippen LogP contribution in [-0.4, -0.2) is 49.3 Å². The molecule has 0 N–H and O–H groups in total. The van der Waals surface area contributed by atoms with Crippen molar-refractivity contribution < 1.29 is 8.42 Å². The van der Waals surface area contributed by atoms with Gasteiger partial charge < -0.3 is 0 Å². The Balaban J connectivity index is 1.62. The second-order valence-corrected chi connectivity index (χ2v) is 9.95. The molecule has 0 amide bonds. The number of nitrogens with zero attached hydrogens (tertiary/aromatic N) is 2. The fraction of sp³-hybridized carbons (Fsp3) is 0.400. The van der Waals surface area contributed by atoms with Crippen molar-refractivity contribution >= 4 is 26.0 Å². The lowest BCUT2D eigenvalue weighted by molar-refractivity contribution is 0.128. The molecule has 0 radical (unpaired) electrons. The van der Waals surface area contributed by atoms with Crippen LogP contribution in [0.4, 0.5) is 0 Å². The van der Waals surface area contributed by atoms with Gasteiger partial charge in [0.2, 0.25) is 10.0 Å². The molecular formula is C20H23BrN2O2S. The van der Waals surface area contributed by atoms with Crippen molar-refractivity contribution in [1.82, 2.24) is 9.21 Å². The third-order valence-electron chi connectivity index (χ3n) is 5.26. The Bertz CT molecular complexity index is 851. The molecule has 1 aliphatic carbocycles. The first-order chi connectivity index (χ1) is 12.5. The molecule has 2 fully saturated rings. The van der Waals surface area contributed by atoms with Crippen LogP contribution in [0.5, 0.6) is 0 Å². The van der Waals surface area contributed by atoms with Crippen molar-refractivity contribution in [3.8, 4) is 0 Å². The third-order valence-corrected chi connectivity index (χ3v) is 7.75. The van der Waals surface area contributed by atoms with Crippen LogP contribution in [0.15, 0.2) is 64.0 Å². The number of sulfonamides is 1. The van der Waals surface area contributed by atoms with E-state index in [2.05, 4.69) is 33.0 Å². The van der Waals surface area contributed by atoms with Gasteiger partial charge in [0.1, 0.15) is 0 Å². The Morgan fingerprint density at radius 1 is 0.962 bits per heavy atom. The van der Waals surface area contributed by atoms with Crippen LogP contribution >= 0.6 is 15.9 Å². The maximum absolute atomic E-state index is 13.3. The lowest BCUT2D eigenvalue weighted by atomic mass is 10.0. The zero-order valence-electron chi connectivity index (χ0n) is 14.6. The molecule has 0 aromatic heterocycles. The SMILES string of the molecule is O=S(=O)(c1ccc(Br)cc1)N1CCN(C2CC2)CC1Cc1ccccc1. The van der Waals surface area contributed by atoms with Crippen molar-refractivity contribution in [2.24, 2.45) is 0 Å². The summed E-state index contributed by atoms with van der Waals surface area (Å²) >= 11 is 3.38. The van der Waals surface area contributed by atoms with E-state index < -0.39 is 10.0 Å². The summed E-state index contributed by atoms with van der Waals surface area (Å²) in [6.45, 7) is 2.20. The molecule has 1 aliphatic heterocycles. The van der Waals surface area contributed by atoms with E-state index >= 15 is 0 Å².